The van der Waals surface area contributed by atoms with E-state index in [4.69, 9.17) is 11.5 Å². The summed E-state index contributed by atoms with van der Waals surface area (Å²) in [5.74, 6) is -2.85. The third-order valence-corrected chi connectivity index (χ3v) is 6.57. The molecule has 1 atom stereocenters. The fourth-order valence-electron chi connectivity index (χ4n) is 4.07. The minimum Gasteiger partial charge on any atom is -0.395 e. The van der Waals surface area contributed by atoms with E-state index in [9.17, 15) is 14.4 Å². The van der Waals surface area contributed by atoms with Gasteiger partial charge in [0.25, 0.3) is 11.8 Å². The molecular weight excluding hydrogens is 459 g/mol. The minimum atomic E-state index is -1.23. The van der Waals surface area contributed by atoms with Crippen LogP contribution in [0.5, 0.6) is 0 Å². The summed E-state index contributed by atoms with van der Waals surface area (Å²) in [5.41, 5.74) is 11.1. The van der Waals surface area contributed by atoms with Crippen molar-refractivity contribution in [1.82, 2.24) is 14.7 Å². The fourth-order valence-corrected chi connectivity index (χ4v) is 4.81. The van der Waals surface area contributed by atoms with Gasteiger partial charge in [0, 0.05) is 18.4 Å². The Morgan fingerprint density at radius 3 is 2.41 bits per heavy atom. The summed E-state index contributed by atoms with van der Waals surface area (Å²) in [7, 11) is 0. The normalized spacial score (nSPS) is 14.5. The van der Waals surface area contributed by atoms with Gasteiger partial charge in [0.2, 0.25) is 5.91 Å². The first-order chi connectivity index (χ1) is 16.4. The summed E-state index contributed by atoms with van der Waals surface area (Å²) < 4.78 is 18.9. The van der Waals surface area contributed by atoms with Crippen molar-refractivity contribution in [2.45, 2.75) is 37.8 Å². The number of nitrogen functional groups attached to an aromatic ring is 1. The molecule has 1 aliphatic carbocycles. The number of nitrogens with one attached hydrogen (secondary N) is 1. The lowest BCUT2D eigenvalue weighted by Crippen LogP contribution is -2.46. The third-order valence-electron chi connectivity index (χ3n) is 5.72. The van der Waals surface area contributed by atoms with Crippen LogP contribution in [0.2, 0.25) is 0 Å². The molecule has 0 aliphatic heterocycles. The number of carbonyl (C=O) groups excluding carboxylic acids is 3. The summed E-state index contributed by atoms with van der Waals surface area (Å²) in [6.07, 6.45) is 6.61. The van der Waals surface area contributed by atoms with E-state index in [1.807, 2.05) is 0 Å². The van der Waals surface area contributed by atoms with Gasteiger partial charge in [-0.25, -0.2) is 4.39 Å². The number of benzene rings is 1. The molecule has 34 heavy (non-hydrogen) atoms. The molecule has 2 aromatic heterocycles. The van der Waals surface area contributed by atoms with Crippen LogP contribution in [0.1, 0.15) is 57.4 Å². The Labute approximate surface area is 199 Å². The zero-order valence-electron chi connectivity index (χ0n) is 18.1. The number of amides is 3. The van der Waals surface area contributed by atoms with Crippen LogP contribution in [0.15, 0.2) is 48.8 Å². The molecule has 1 aromatic carbocycles. The number of carbonyl (C=O) groups is 3. The number of hydrogen-bond acceptors (Lipinski definition) is 7. The number of hydrogen-bond donors (Lipinski definition) is 3. The molecule has 11 heteroatoms. The van der Waals surface area contributed by atoms with Gasteiger partial charge in [-0.05, 0) is 54.2 Å². The highest BCUT2D eigenvalue weighted by molar-refractivity contribution is 7.09. The van der Waals surface area contributed by atoms with E-state index in [0.29, 0.717) is 17.1 Å². The summed E-state index contributed by atoms with van der Waals surface area (Å²) >= 11 is 0.665. The number of halogens is 1. The van der Waals surface area contributed by atoms with E-state index >= 15 is 4.39 Å². The Bertz CT molecular complexity index is 1210. The van der Waals surface area contributed by atoms with Gasteiger partial charge in [-0.15, -0.1) is 0 Å². The maximum atomic E-state index is 15.0. The molecule has 5 N–H and O–H groups in total. The van der Waals surface area contributed by atoms with Crippen molar-refractivity contribution in [2.24, 2.45) is 5.73 Å². The van der Waals surface area contributed by atoms with Crippen LogP contribution in [-0.4, -0.2) is 33.1 Å². The number of pyridine rings is 1. The smallest absolute Gasteiger partial charge is 0.273 e. The van der Waals surface area contributed by atoms with E-state index in [1.54, 1.807) is 18.2 Å². The van der Waals surface area contributed by atoms with Crippen molar-refractivity contribution in [3.8, 4) is 0 Å². The van der Waals surface area contributed by atoms with Crippen LogP contribution in [0.4, 0.5) is 15.8 Å². The largest absolute Gasteiger partial charge is 0.395 e. The molecule has 0 radical (unpaired) electrons. The van der Waals surface area contributed by atoms with Crippen molar-refractivity contribution >= 4 is 40.6 Å². The lowest BCUT2D eigenvalue weighted by Gasteiger charge is -2.32. The average molecular weight is 483 g/mol. The summed E-state index contributed by atoms with van der Waals surface area (Å²) in [5, 5.41) is 3.00. The highest BCUT2D eigenvalue weighted by Gasteiger charge is 2.38. The molecule has 0 saturated heterocycles. The molecule has 4 rings (SSSR count). The molecule has 1 unspecified atom stereocenters. The molecule has 1 fully saturated rings. The van der Waals surface area contributed by atoms with Gasteiger partial charge >= 0.3 is 0 Å². The highest BCUT2D eigenvalue weighted by Crippen LogP contribution is 2.34. The molecule has 3 amide bonds. The van der Waals surface area contributed by atoms with Gasteiger partial charge in [-0.1, -0.05) is 25.0 Å². The molecule has 2 heterocycles. The van der Waals surface area contributed by atoms with Crippen LogP contribution in [0, 0.1) is 5.82 Å². The second-order valence-electron chi connectivity index (χ2n) is 7.94. The number of rotatable bonds is 7. The Morgan fingerprint density at radius 2 is 1.79 bits per heavy atom. The SMILES string of the molecule is NC(=O)c1nsc(C(=O)N(c2ccccc2F)C(C(=O)NC2CCCC2)c2ccncc2)c1N. The van der Waals surface area contributed by atoms with E-state index in [2.05, 4.69) is 14.7 Å². The number of nitrogens with two attached hydrogens (primary N) is 2. The standard InChI is InChI=1S/C23H23FN6O3S/c24-15-7-3-4-8-16(15)30(23(33)20-17(25)18(21(26)31)29-34-20)19(13-9-11-27-12-10-13)22(32)28-14-5-1-2-6-14/h3-4,7-12,14,19H,1-2,5-6,25H2,(H2,26,31)(H,28,32). The van der Waals surface area contributed by atoms with Gasteiger partial charge in [0.05, 0.1) is 11.4 Å². The molecular formula is C23H23FN6O3S. The quantitative estimate of drug-likeness (QED) is 0.472. The lowest BCUT2D eigenvalue weighted by molar-refractivity contribution is -0.123. The van der Waals surface area contributed by atoms with Crippen LogP contribution < -0.4 is 21.7 Å². The predicted molar refractivity (Wildman–Crippen MR) is 126 cm³/mol. The maximum Gasteiger partial charge on any atom is 0.273 e. The Hall–Kier alpha value is -3.86. The molecule has 9 nitrogen and oxygen atoms in total. The molecule has 0 spiro atoms. The maximum absolute atomic E-state index is 15.0. The summed E-state index contributed by atoms with van der Waals surface area (Å²) in [6, 6.07) is 7.54. The van der Waals surface area contributed by atoms with Crippen LogP contribution in [0.25, 0.3) is 0 Å². The Balaban J connectivity index is 1.85. The van der Waals surface area contributed by atoms with Crippen LogP contribution in [0.3, 0.4) is 0 Å². The zero-order chi connectivity index (χ0) is 24.2. The molecule has 176 valence electrons. The molecule has 1 saturated carbocycles. The monoisotopic (exact) mass is 482 g/mol. The molecule has 1 aliphatic rings. The van der Waals surface area contributed by atoms with Crippen molar-refractivity contribution in [2.75, 3.05) is 10.6 Å². The number of primary amides is 1. The summed E-state index contributed by atoms with van der Waals surface area (Å²) in [4.78, 5) is 44.0. The highest BCUT2D eigenvalue weighted by atomic mass is 32.1. The number of para-hydroxylation sites is 1. The first-order valence-corrected chi connectivity index (χ1v) is 11.5. The number of aromatic nitrogens is 2. The van der Waals surface area contributed by atoms with E-state index in [0.717, 1.165) is 30.6 Å². The van der Waals surface area contributed by atoms with Crippen molar-refractivity contribution in [3.63, 3.8) is 0 Å². The van der Waals surface area contributed by atoms with Crippen molar-refractivity contribution in [1.29, 1.82) is 0 Å². The first-order valence-electron chi connectivity index (χ1n) is 10.7. The van der Waals surface area contributed by atoms with Gasteiger partial charge < -0.3 is 16.8 Å². The number of nitrogens with zero attached hydrogens (tertiary/aromatic N) is 3. The third kappa shape index (κ3) is 4.60. The van der Waals surface area contributed by atoms with Crippen molar-refractivity contribution < 1.29 is 18.8 Å². The van der Waals surface area contributed by atoms with E-state index in [-0.39, 0.29) is 28.0 Å². The average Bonchev–Trinajstić information content (AvgIpc) is 3.47. The second kappa shape index (κ2) is 9.96. The zero-order valence-corrected chi connectivity index (χ0v) is 18.9. The van der Waals surface area contributed by atoms with E-state index in [1.165, 1.54) is 30.6 Å². The summed E-state index contributed by atoms with van der Waals surface area (Å²) in [6.45, 7) is 0. The molecule has 3 aromatic rings. The van der Waals surface area contributed by atoms with Gasteiger partial charge in [0.1, 0.15) is 16.7 Å². The van der Waals surface area contributed by atoms with E-state index < -0.39 is 29.6 Å². The first kappa shape index (κ1) is 23.3. The predicted octanol–water partition coefficient (Wildman–Crippen LogP) is 2.81. The molecule has 0 bridgehead atoms. The van der Waals surface area contributed by atoms with Gasteiger partial charge in [0.15, 0.2) is 5.69 Å². The Morgan fingerprint density at radius 1 is 1.12 bits per heavy atom. The second-order valence-corrected chi connectivity index (χ2v) is 8.71. The van der Waals surface area contributed by atoms with Crippen molar-refractivity contribution in [3.05, 3.63) is 70.7 Å². The number of anilines is 2. The van der Waals surface area contributed by atoms with Crippen LogP contribution >= 0.6 is 11.5 Å². The van der Waals surface area contributed by atoms with Gasteiger partial charge in [-0.2, -0.15) is 4.37 Å². The van der Waals surface area contributed by atoms with Gasteiger partial charge in [-0.3, -0.25) is 24.3 Å². The van der Waals surface area contributed by atoms with Crippen LogP contribution in [-0.2, 0) is 4.79 Å². The minimum absolute atomic E-state index is 0.0376. The fraction of sp³-hybridized carbons (Fsp3) is 0.261. The lowest BCUT2D eigenvalue weighted by atomic mass is 10.0. The Kier molecular flexibility index (Phi) is 6.82. The topological polar surface area (TPSA) is 144 Å².